The van der Waals surface area contributed by atoms with E-state index in [0.29, 0.717) is 73.2 Å². The highest BCUT2D eigenvalue weighted by molar-refractivity contribution is 5.77. The average molecular weight is 484 g/mol. The topological polar surface area (TPSA) is 132 Å². The molecule has 35 heavy (non-hydrogen) atoms. The van der Waals surface area contributed by atoms with Crippen molar-refractivity contribution in [1.29, 1.82) is 0 Å². The van der Waals surface area contributed by atoms with Crippen molar-refractivity contribution in [3.05, 3.63) is 52.0 Å². The standard InChI is InChI=1S/C22H25FN8O4/c1-15-16(14-32)13-30(27-15)21-3-5-24-22(26-21)25-17-11-19(31(33)34)18(12-20(17)35-2)29-9-7-28(6-4-23)8-10-29/h3,5,11-14H,4,6-10H2,1-2H3,(H,24,25,26). The minimum absolute atomic E-state index is 0.0956. The number of rotatable bonds is 9. The van der Waals surface area contributed by atoms with Crippen LogP contribution in [0, 0.1) is 17.0 Å². The van der Waals surface area contributed by atoms with Gasteiger partial charge in [-0.3, -0.25) is 19.8 Å². The Labute approximate surface area is 200 Å². The number of nitro groups is 1. The Balaban J connectivity index is 1.62. The first-order valence-electron chi connectivity index (χ1n) is 10.9. The highest BCUT2D eigenvalue weighted by atomic mass is 19.1. The van der Waals surface area contributed by atoms with Crippen molar-refractivity contribution in [3.8, 4) is 11.6 Å². The van der Waals surface area contributed by atoms with Gasteiger partial charge < -0.3 is 15.0 Å². The Morgan fingerprint density at radius 3 is 2.69 bits per heavy atom. The number of halogens is 1. The number of hydrogen-bond acceptors (Lipinski definition) is 10. The van der Waals surface area contributed by atoms with E-state index >= 15 is 0 Å². The summed E-state index contributed by atoms with van der Waals surface area (Å²) in [4.78, 5) is 35.1. The number of aldehydes is 1. The lowest BCUT2D eigenvalue weighted by Crippen LogP contribution is -2.47. The van der Waals surface area contributed by atoms with Gasteiger partial charge in [-0.05, 0) is 6.92 Å². The van der Waals surface area contributed by atoms with Crippen molar-refractivity contribution in [2.75, 3.05) is 56.7 Å². The van der Waals surface area contributed by atoms with Gasteiger partial charge in [0.2, 0.25) is 5.95 Å². The van der Waals surface area contributed by atoms with Crippen LogP contribution in [0.1, 0.15) is 16.1 Å². The zero-order chi connectivity index (χ0) is 24.9. The predicted molar refractivity (Wildman–Crippen MR) is 127 cm³/mol. The number of nitro benzene ring substituents is 1. The molecule has 1 aliphatic rings. The maximum absolute atomic E-state index is 12.6. The molecule has 3 heterocycles. The van der Waals surface area contributed by atoms with E-state index < -0.39 is 11.6 Å². The van der Waals surface area contributed by atoms with Crippen LogP contribution < -0.4 is 15.0 Å². The monoisotopic (exact) mass is 484 g/mol. The third-order valence-corrected chi connectivity index (χ3v) is 5.79. The summed E-state index contributed by atoms with van der Waals surface area (Å²) >= 11 is 0. The number of nitrogens with one attached hydrogen (secondary N) is 1. The second-order valence-electron chi connectivity index (χ2n) is 7.91. The summed E-state index contributed by atoms with van der Waals surface area (Å²) in [6.07, 6.45) is 3.78. The lowest BCUT2D eigenvalue weighted by atomic mass is 10.1. The van der Waals surface area contributed by atoms with E-state index in [-0.39, 0.29) is 11.6 Å². The lowest BCUT2D eigenvalue weighted by molar-refractivity contribution is -0.384. The molecule has 184 valence electrons. The fourth-order valence-corrected chi connectivity index (χ4v) is 3.92. The zero-order valence-electron chi connectivity index (χ0n) is 19.3. The molecule has 13 heteroatoms. The molecule has 1 aromatic carbocycles. The summed E-state index contributed by atoms with van der Waals surface area (Å²) in [5, 5.41) is 19.2. The van der Waals surface area contributed by atoms with Crippen molar-refractivity contribution in [3.63, 3.8) is 0 Å². The molecule has 1 saturated heterocycles. The number of anilines is 3. The van der Waals surface area contributed by atoms with Gasteiger partial charge in [-0.2, -0.15) is 10.1 Å². The Kier molecular flexibility index (Phi) is 7.15. The van der Waals surface area contributed by atoms with Gasteiger partial charge >= 0.3 is 0 Å². The number of piperazine rings is 1. The predicted octanol–water partition coefficient (Wildman–Crippen LogP) is 2.54. The van der Waals surface area contributed by atoms with Crippen LogP contribution in [0.5, 0.6) is 5.75 Å². The number of methoxy groups -OCH3 is 1. The quantitative estimate of drug-likeness (QED) is 0.274. The van der Waals surface area contributed by atoms with Crippen LogP contribution in [0.25, 0.3) is 5.82 Å². The zero-order valence-corrected chi connectivity index (χ0v) is 19.3. The molecule has 1 aliphatic heterocycles. The summed E-state index contributed by atoms with van der Waals surface area (Å²) in [6.45, 7) is 3.95. The Hall–Kier alpha value is -4.13. The fraction of sp³-hybridized carbons (Fsp3) is 0.364. The molecule has 0 saturated carbocycles. The first-order valence-corrected chi connectivity index (χ1v) is 10.9. The van der Waals surface area contributed by atoms with Crippen molar-refractivity contribution >= 4 is 29.3 Å². The van der Waals surface area contributed by atoms with Gasteiger partial charge in [0.1, 0.15) is 18.1 Å². The second-order valence-corrected chi connectivity index (χ2v) is 7.91. The van der Waals surface area contributed by atoms with Crippen LogP contribution in [0.3, 0.4) is 0 Å². The van der Waals surface area contributed by atoms with Gasteiger partial charge in [-0.15, -0.1) is 0 Å². The molecular weight excluding hydrogens is 459 g/mol. The maximum Gasteiger partial charge on any atom is 0.294 e. The van der Waals surface area contributed by atoms with Gasteiger partial charge in [0.15, 0.2) is 12.1 Å². The average Bonchev–Trinajstić information content (AvgIpc) is 3.25. The number of ether oxygens (including phenoxy) is 1. The van der Waals surface area contributed by atoms with E-state index in [4.69, 9.17) is 4.74 Å². The molecule has 2 aromatic heterocycles. The van der Waals surface area contributed by atoms with Crippen LogP contribution in [-0.4, -0.2) is 82.4 Å². The first kappa shape index (κ1) is 24.0. The number of carbonyl (C=O) groups is 1. The van der Waals surface area contributed by atoms with E-state index in [2.05, 4.69) is 20.4 Å². The third-order valence-electron chi connectivity index (χ3n) is 5.79. The summed E-state index contributed by atoms with van der Waals surface area (Å²) in [6, 6.07) is 4.63. The van der Waals surface area contributed by atoms with Gasteiger partial charge in [0, 0.05) is 63.3 Å². The highest BCUT2D eigenvalue weighted by Gasteiger charge is 2.26. The minimum Gasteiger partial charge on any atom is -0.494 e. The largest absolute Gasteiger partial charge is 0.494 e. The first-order chi connectivity index (χ1) is 16.9. The molecule has 0 bridgehead atoms. The molecule has 0 unspecified atom stereocenters. The Morgan fingerprint density at radius 1 is 1.29 bits per heavy atom. The van der Waals surface area contributed by atoms with Crippen LogP contribution in [0.15, 0.2) is 30.6 Å². The Bertz CT molecular complexity index is 1230. The molecule has 3 aromatic rings. The van der Waals surface area contributed by atoms with Crippen LogP contribution >= 0.6 is 0 Å². The van der Waals surface area contributed by atoms with E-state index in [1.165, 1.54) is 24.1 Å². The molecule has 0 spiro atoms. The van der Waals surface area contributed by atoms with E-state index in [9.17, 15) is 19.3 Å². The fourth-order valence-electron chi connectivity index (χ4n) is 3.92. The number of hydrogen-bond donors (Lipinski definition) is 1. The second kappa shape index (κ2) is 10.4. The number of benzene rings is 1. The smallest absolute Gasteiger partial charge is 0.294 e. The Morgan fingerprint density at radius 2 is 2.06 bits per heavy atom. The molecule has 0 amide bonds. The van der Waals surface area contributed by atoms with Gasteiger partial charge in [0.25, 0.3) is 5.69 Å². The van der Waals surface area contributed by atoms with Crippen LogP contribution in [0.4, 0.5) is 27.4 Å². The molecule has 12 nitrogen and oxygen atoms in total. The van der Waals surface area contributed by atoms with Crippen LogP contribution in [-0.2, 0) is 0 Å². The summed E-state index contributed by atoms with van der Waals surface area (Å²) in [7, 11) is 1.47. The summed E-state index contributed by atoms with van der Waals surface area (Å²) in [5.74, 6) is 0.961. The van der Waals surface area contributed by atoms with Crippen molar-refractivity contribution in [2.24, 2.45) is 0 Å². The SMILES string of the molecule is COc1cc(N2CCN(CCF)CC2)c([N+](=O)[O-])cc1Nc1nccc(-n2cc(C=O)c(C)n2)n1. The molecule has 1 fully saturated rings. The highest BCUT2D eigenvalue weighted by Crippen LogP contribution is 2.39. The van der Waals surface area contributed by atoms with Crippen molar-refractivity contribution in [1.82, 2.24) is 24.6 Å². The number of nitrogens with zero attached hydrogens (tertiary/aromatic N) is 7. The summed E-state index contributed by atoms with van der Waals surface area (Å²) in [5.41, 5.74) is 1.66. The molecule has 1 N–H and O–H groups in total. The molecule has 4 rings (SSSR count). The number of aryl methyl sites for hydroxylation is 1. The minimum atomic E-state index is -0.446. The number of alkyl halides is 1. The van der Waals surface area contributed by atoms with E-state index in [1.54, 1.807) is 25.3 Å². The van der Waals surface area contributed by atoms with Gasteiger partial charge in [-0.1, -0.05) is 0 Å². The lowest BCUT2D eigenvalue weighted by Gasteiger charge is -2.35. The molecule has 0 aliphatic carbocycles. The molecular formula is C22H25FN8O4. The summed E-state index contributed by atoms with van der Waals surface area (Å²) < 4.78 is 19.6. The van der Waals surface area contributed by atoms with E-state index in [0.717, 1.165) is 0 Å². The molecule has 0 radical (unpaired) electrons. The van der Waals surface area contributed by atoms with E-state index in [1.807, 2.05) is 9.80 Å². The number of carbonyl (C=O) groups excluding carboxylic acids is 1. The third kappa shape index (κ3) is 5.19. The van der Waals surface area contributed by atoms with Crippen LogP contribution in [0.2, 0.25) is 0 Å². The maximum atomic E-state index is 12.6. The normalized spacial score (nSPS) is 14.1. The molecule has 0 atom stereocenters. The van der Waals surface area contributed by atoms with Crippen molar-refractivity contribution in [2.45, 2.75) is 6.92 Å². The van der Waals surface area contributed by atoms with Gasteiger partial charge in [-0.25, -0.2) is 14.1 Å². The van der Waals surface area contributed by atoms with Crippen molar-refractivity contribution < 1.29 is 18.8 Å². The van der Waals surface area contributed by atoms with Gasteiger partial charge in [0.05, 0.1) is 29.0 Å². The number of aromatic nitrogens is 4.